The highest BCUT2D eigenvalue weighted by Crippen LogP contribution is 2.05. The van der Waals surface area contributed by atoms with Gasteiger partial charge >= 0.3 is 0 Å². The number of hydrogen-bond donors (Lipinski definition) is 1. The van der Waals surface area contributed by atoms with E-state index < -0.39 is 0 Å². The van der Waals surface area contributed by atoms with Gasteiger partial charge in [-0.15, -0.1) is 0 Å². The molecule has 2 aromatic heterocycles. The zero-order valence-electron chi connectivity index (χ0n) is 10.7. The zero-order chi connectivity index (χ0) is 13.8. The van der Waals surface area contributed by atoms with Gasteiger partial charge < -0.3 is 19.0 Å². The number of hydrogen-bond acceptors (Lipinski definition) is 4. The third kappa shape index (κ3) is 2.85. The lowest BCUT2D eigenvalue weighted by Gasteiger charge is -2.10. The number of aromatic nitrogens is 1. The summed E-state index contributed by atoms with van der Waals surface area (Å²) >= 11 is 0. The molecule has 0 unspecified atom stereocenters. The molecule has 2 aromatic rings. The molecule has 1 N–H and O–H groups in total. The molecule has 0 bridgehead atoms. The number of carbonyl (C=O) groups excluding carboxylic acids is 1. The van der Waals surface area contributed by atoms with Gasteiger partial charge in [-0.3, -0.25) is 9.59 Å². The highest BCUT2D eigenvalue weighted by Gasteiger charge is 2.12. The number of pyridine rings is 1. The molecule has 0 fully saturated rings. The van der Waals surface area contributed by atoms with Crippen LogP contribution in [0.25, 0.3) is 0 Å². The molecule has 2 rings (SSSR count). The van der Waals surface area contributed by atoms with Crippen molar-refractivity contribution in [3.8, 4) is 5.75 Å². The quantitative estimate of drug-likeness (QED) is 0.889. The minimum Gasteiger partial charge on any atom is -0.491 e. The summed E-state index contributed by atoms with van der Waals surface area (Å²) < 4.78 is 11.5. The molecular weight excluding hydrogens is 248 g/mol. The Morgan fingerprint density at radius 1 is 1.53 bits per heavy atom. The molecule has 0 saturated heterocycles. The molecule has 0 spiro atoms. The summed E-state index contributed by atoms with van der Waals surface area (Å²) in [5.41, 5.74) is -0.0684. The molecule has 0 aliphatic carbocycles. The van der Waals surface area contributed by atoms with Gasteiger partial charge in [-0.2, -0.15) is 0 Å². The second-order valence-electron chi connectivity index (χ2n) is 3.96. The Labute approximate surface area is 109 Å². The second-order valence-corrected chi connectivity index (χ2v) is 3.96. The first kappa shape index (κ1) is 12.9. The monoisotopic (exact) mass is 262 g/mol. The molecule has 1 amide bonds. The van der Waals surface area contributed by atoms with Crippen LogP contribution in [0.2, 0.25) is 0 Å². The predicted molar refractivity (Wildman–Crippen MR) is 68.1 cm³/mol. The number of aryl methyl sites for hydroxylation is 1. The largest absolute Gasteiger partial charge is 0.491 e. The van der Waals surface area contributed by atoms with Crippen LogP contribution >= 0.6 is 0 Å². The molecule has 6 nitrogen and oxygen atoms in total. The lowest BCUT2D eigenvalue weighted by atomic mass is 10.3. The standard InChI is InChI=1S/C13H14N2O4/c1-15-8-12(18-2)11(16)6-10(15)13(17)14-7-9-4-3-5-19-9/h3-6,8H,7H2,1-2H3,(H,14,17). The van der Waals surface area contributed by atoms with E-state index in [0.717, 1.165) is 0 Å². The first-order valence-electron chi connectivity index (χ1n) is 5.67. The van der Waals surface area contributed by atoms with Crippen molar-refractivity contribution in [2.75, 3.05) is 7.11 Å². The number of nitrogens with one attached hydrogen (secondary N) is 1. The maximum absolute atomic E-state index is 12.0. The fourth-order valence-electron chi connectivity index (χ4n) is 1.66. The maximum Gasteiger partial charge on any atom is 0.268 e. The van der Waals surface area contributed by atoms with E-state index in [1.165, 1.54) is 30.2 Å². The highest BCUT2D eigenvalue weighted by molar-refractivity contribution is 5.92. The molecule has 0 aliphatic heterocycles. The van der Waals surface area contributed by atoms with E-state index in [9.17, 15) is 9.59 Å². The maximum atomic E-state index is 12.0. The predicted octanol–water partition coefficient (Wildman–Crippen LogP) is 0.917. The van der Waals surface area contributed by atoms with Crippen molar-refractivity contribution in [3.63, 3.8) is 0 Å². The van der Waals surface area contributed by atoms with Gasteiger partial charge in [-0.25, -0.2) is 0 Å². The third-order valence-electron chi connectivity index (χ3n) is 2.66. The van der Waals surface area contributed by atoms with E-state index in [2.05, 4.69) is 5.32 Å². The van der Waals surface area contributed by atoms with Gasteiger partial charge in [-0.1, -0.05) is 0 Å². The van der Waals surface area contributed by atoms with Crippen LogP contribution < -0.4 is 15.5 Å². The number of amides is 1. The topological polar surface area (TPSA) is 73.5 Å². The Balaban J connectivity index is 2.15. The van der Waals surface area contributed by atoms with E-state index in [-0.39, 0.29) is 29.3 Å². The number of nitrogens with zero attached hydrogens (tertiary/aromatic N) is 1. The number of ether oxygens (including phenoxy) is 1. The Morgan fingerprint density at radius 3 is 2.95 bits per heavy atom. The van der Waals surface area contributed by atoms with Crippen molar-refractivity contribution in [2.45, 2.75) is 6.54 Å². The average Bonchev–Trinajstić information content (AvgIpc) is 2.91. The Kier molecular flexibility index (Phi) is 3.70. The van der Waals surface area contributed by atoms with Crippen LogP contribution in [0, 0.1) is 0 Å². The molecule has 0 aliphatic rings. The van der Waals surface area contributed by atoms with E-state index in [1.807, 2.05) is 0 Å². The van der Waals surface area contributed by atoms with Gasteiger partial charge in [0.1, 0.15) is 11.5 Å². The molecule has 6 heteroatoms. The zero-order valence-corrected chi connectivity index (χ0v) is 10.7. The van der Waals surface area contributed by atoms with Crippen molar-refractivity contribution in [3.05, 3.63) is 52.3 Å². The van der Waals surface area contributed by atoms with Crippen LogP contribution in [-0.4, -0.2) is 17.6 Å². The third-order valence-corrected chi connectivity index (χ3v) is 2.66. The summed E-state index contributed by atoms with van der Waals surface area (Å²) in [5, 5.41) is 2.67. The molecule has 100 valence electrons. The molecule has 0 radical (unpaired) electrons. The van der Waals surface area contributed by atoms with Crippen LogP contribution in [0.4, 0.5) is 0 Å². The van der Waals surface area contributed by atoms with Crippen LogP contribution in [0.5, 0.6) is 5.75 Å². The van der Waals surface area contributed by atoms with Gasteiger partial charge in [0.2, 0.25) is 5.43 Å². The van der Waals surface area contributed by atoms with Gasteiger partial charge in [0.15, 0.2) is 5.75 Å². The van der Waals surface area contributed by atoms with E-state index in [4.69, 9.17) is 9.15 Å². The summed E-state index contributed by atoms with van der Waals surface area (Å²) in [6, 6.07) is 4.74. The summed E-state index contributed by atoms with van der Waals surface area (Å²) in [6.45, 7) is 0.270. The number of methoxy groups -OCH3 is 1. The van der Waals surface area contributed by atoms with Crippen molar-refractivity contribution in [1.82, 2.24) is 9.88 Å². The molecule has 0 aromatic carbocycles. The van der Waals surface area contributed by atoms with Gasteiger partial charge in [0.25, 0.3) is 5.91 Å². The van der Waals surface area contributed by atoms with Crippen LogP contribution in [0.1, 0.15) is 16.2 Å². The van der Waals surface area contributed by atoms with Crippen molar-refractivity contribution in [1.29, 1.82) is 0 Å². The Hall–Kier alpha value is -2.50. The molecule has 0 atom stereocenters. The summed E-state index contributed by atoms with van der Waals surface area (Å²) in [6.07, 6.45) is 3.01. The average molecular weight is 262 g/mol. The minimum absolute atomic E-state index is 0.199. The summed E-state index contributed by atoms with van der Waals surface area (Å²) in [7, 11) is 3.08. The van der Waals surface area contributed by atoms with Crippen LogP contribution in [-0.2, 0) is 13.6 Å². The molecule has 2 heterocycles. The second kappa shape index (κ2) is 5.43. The van der Waals surface area contributed by atoms with Crippen LogP contribution in [0.3, 0.4) is 0 Å². The number of carbonyl (C=O) groups is 1. The van der Waals surface area contributed by atoms with Gasteiger partial charge in [0.05, 0.1) is 26.1 Å². The van der Waals surface area contributed by atoms with Crippen molar-refractivity contribution >= 4 is 5.91 Å². The minimum atomic E-state index is -0.348. The SMILES string of the molecule is COc1cn(C)c(C(=O)NCc2ccco2)cc1=O. The summed E-state index contributed by atoms with van der Waals surface area (Å²) in [5.74, 6) is 0.496. The number of furan rings is 1. The Morgan fingerprint density at radius 2 is 2.32 bits per heavy atom. The molecular formula is C13H14N2O4. The first-order valence-corrected chi connectivity index (χ1v) is 5.67. The van der Waals surface area contributed by atoms with Crippen LogP contribution in [0.15, 0.2) is 39.9 Å². The smallest absolute Gasteiger partial charge is 0.268 e. The van der Waals surface area contributed by atoms with Gasteiger partial charge in [-0.05, 0) is 12.1 Å². The number of rotatable bonds is 4. The van der Waals surface area contributed by atoms with Gasteiger partial charge in [0, 0.05) is 13.1 Å². The van der Waals surface area contributed by atoms with Crippen molar-refractivity contribution in [2.24, 2.45) is 7.05 Å². The van der Waals surface area contributed by atoms with E-state index in [1.54, 1.807) is 19.2 Å². The fourth-order valence-corrected chi connectivity index (χ4v) is 1.66. The summed E-state index contributed by atoms with van der Waals surface area (Å²) in [4.78, 5) is 23.6. The van der Waals surface area contributed by atoms with Crippen molar-refractivity contribution < 1.29 is 13.9 Å². The van der Waals surface area contributed by atoms with E-state index in [0.29, 0.717) is 5.76 Å². The molecule has 19 heavy (non-hydrogen) atoms. The Bertz CT molecular complexity index is 629. The highest BCUT2D eigenvalue weighted by atomic mass is 16.5. The normalized spacial score (nSPS) is 10.2. The lowest BCUT2D eigenvalue weighted by Crippen LogP contribution is -2.27. The fraction of sp³-hybridized carbons (Fsp3) is 0.231. The molecule has 0 saturated carbocycles. The first-order chi connectivity index (χ1) is 9.11. The van der Waals surface area contributed by atoms with E-state index >= 15 is 0 Å². The lowest BCUT2D eigenvalue weighted by molar-refractivity contribution is 0.0939.